The second kappa shape index (κ2) is 8.10. The van der Waals surface area contributed by atoms with Gasteiger partial charge in [0.05, 0.1) is 17.9 Å². The Hall–Kier alpha value is -1.73. The average molecular weight is 390 g/mol. The van der Waals surface area contributed by atoms with Gasteiger partial charge in [0.1, 0.15) is 6.54 Å². The van der Waals surface area contributed by atoms with Crippen molar-refractivity contribution in [2.24, 2.45) is 11.8 Å². The molecule has 2 aliphatic heterocycles. The van der Waals surface area contributed by atoms with Crippen molar-refractivity contribution in [3.63, 3.8) is 0 Å². The molecule has 0 radical (unpaired) electrons. The molecule has 1 N–H and O–H groups in total. The molecule has 3 aliphatic rings. The van der Waals surface area contributed by atoms with Crippen molar-refractivity contribution < 1.29 is 14.4 Å². The van der Waals surface area contributed by atoms with Gasteiger partial charge in [0.25, 0.3) is 0 Å². The summed E-state index contributed by atoms with van der Waals surface area (Å²) in [5.41, 5.74) is 0. The van der Waals surface area contributed by atoms with Crippen molar-refractivity contribution >= 4 is 29.1 Å². The van der Waals surface area contributed by atoms with Gasteiger partial charge in [-0.1, -0.05) is 18.9 Å². The molecule has 3 atom stereocenters. The van der Waals surface area contributed by atoms with Crippen LogP contribution in [0.5, 0.6) is 0 Å². The predicted molar refractivity (Wildman–Crippen MR) is 103 cm³/mol. The number of carbonyl (C=O) groups is 3. The van der Waals surface area contributed by atoms with E-state index in [0.29, 0.717) is 6.54 Å². The maximum Gasteiger partial charge on any atom is 0.240 e. The molecule has 27 heavy (non-hydrogen) atoms. The highest BCUT2D eigenvalue weighted by Crippen LogP contribution is 2.37. The third-order valence-corrected chi connectivity index (χ3v) is 7.15. The molecule has 0 spiro atoms. The number of amides is 3. The molecule has 146 valence electrons. The Morgan fingerprint density at radius 1 is 1.11 bits per heavy atom. The van der Waals surface area contributed by atoms with Gasteiger partial charge in [-0.3, -0.25) is 24.2 Å². The monoisotopic (exact) mass is 389 g/mol. The van der Waals surface area contributed by atoms with Gasteiger partial charge in [-0.25, -0.2) is 0 Å². The molecule has 1 aromatic rings. The van der Waals surface area contributed by atoms with E-state index in [1.54, 1.807) is 11.3 Å². The first-order chi connectivity index (χ1) is 13.1. The van der Waals surface area contributed by atoms with Crippen molar-refractivity contribution in [3.05, 3.63) is 22.4 Å². The third kappa shape index (κ3) is 3.80. The molecule has 3 fully saturated rings. The Kier molecular flexibility index (Phi) is 5.59. The first-order valence-corrected chi connectivity index (χ1v) is 10.9. The molecule has 4 rings (SSSR count). The lowest BCUT2D eigenvalue weighted by Crippen LogP contribution is -2.43. The highest BCUT2D eigenvalue weighted by atomic mass is 32.1. The van der Waals surface area contributed by atoms with E-state index in [4.69, 9.17) is 0 Å². The fourth-order valence-corrected chi connectivity index (χ4v) is 5.60. The molecule has 3 unspecified atom stereocenters. The first-order valence-electron chi connectivity index (χ1n) is 10.0. The van der Waals surface area contributed by atoms with Gasteiger partial charge >= 0.3 is 0 Å². The molecule has 1 saturated carbocycles. The first kappa shape index (κ1) is 18.6. The Bertz CT molecular complexity index is 675. The van der Waals surface area contributed by atoms with Gasteiger partial charge < -0.3 is 5.32 Å². The van der Waals surface area contributed by atoms with Crippen molar-refractivity contribution in [1.82, 2.24) is 15.1 Å². The molecule has 0 aromatic carbocycles. The number of likely N-dealkylation sites (tertiary alicyclic amines) is 2. The number of rotatable bonds is 6. The zero-order valence-corrected chi connectivity index (χ0v) is 16.4. The standard InChI is InChI=1S/C20H27N3O3S/c24-18(13-23-19(25)14-6-1-2-7-15(14)20(23)26)21-12-16(17-8-5-11-27-17)22-9-3-4-10-22/h5,8,11,14-16H,1-4,6-7,9-10,12-13H2,(H,21,24). The molecule has 0 bridgehead atoms. The van der Waals surface area contributed by atoms with E-state index in [1.165, 1.54) is 22.6 Å². The second-order valence-electron chi connectivity index (χ2n) is 7.84. The minimum atomic E-state index is -0.240. The largest absolute Gasteiger partial charge is 0.353 e. The van der Waals surface area contributed by atoms with E-state index in [1.807, 2.05) is 6.07 Å². The van der Waals surface area contributed by atoms with Crippen LogP contribution in [0.1, 0.15) is 49.4 Å². The Balaban J connectivity index is 1.36. The number of imide groups is 1. The molecular formula is C20H27N3O3S. The summed E-state index contributed by atoms with van der Waals surface area (Å²) in [4.78, 5) is 42.4. The van der Waals surface area contributed by atoms with Crippen molar-refractivity contribution in [3.8, 4) is 0 Å². The highest BCUT2D eigenvalue weighted by Gasteiger charge is 2.48. The summed E-state index contributed by atoms with van der Waals surface area (Å²) in [5.74, 6) is -0.912. The Morgan fingerprint density at radius 3 is 2.37 bits per heavy atom. The lowest BCUT2D eigenvalue weighted by Gasteiger charge is -2.27. The fourth-order valence-electron chi connectivity index (χ4n) is 4.74. The Labute approximate surface area is 163 Å². The molecule has 6 nitrogen and oxygen atoms in total. The van der Waals surface area contributed by atoms with Crippen LogP contribution in [-0.4, -0.2) is 53.7 Å². The molecule has 1 aromatic heterocycles. The topological polar surface area (TPSA) is 69.7 Å². The number of fused-ring (bicyclic) bond motifs is 1. The van der Waals surface area contributed by atoms with E-state index in [-0.39, 0.29) is 42.1 Å². The van der Waals surface area contributed by atoms with Crippen LogP contribution in [0.2, 0.25) is 0 Å². The molecule has 2 saturated heterocycles. The smallest absolute Gasteiger partial charge is 0.240 e. The lowest BCUT2D eigenvalue weighted by molar-refractivity contribution is -0.143. The molecular weight excluding hydrogens is 362 g/mol. The van der Waals surface area contributed by atoms with Crippen LogP contribution in [-0.2, 0) is 14.4 Å². The summed E-state index contributed by atoms with van der Waals surface area (Å²) < 4.78 is 0. The summed E-state index contributed by atoms with van der Waals surface area (Å²) in [6.45, 7) is 2.47. The minimum absolute atomic E-state index is 0.137. The molecule has 3 amide bonds. The summed E-state index contributed by atoms with van der Waals surface area (Å²) in [6.07, 6.45) is 5.94. The maximum absolute atomic E-state index is 12.5. The summed E-state index contributed by atoms with van der Waals surface area (Å²) in [6, 6.07) is 4.32. The van der Waals surface area contributed by atoms with Gasteiger partial charge in [-0.15, -0.1) is 11.3 Å². The number of nitrogens with zero attached hydrogens (tertiary/aromatic N) is 2. The zero-order valence-electron chi connectivity index (χ0n) is 15.6. The predicted octanol–water partition coefficient (Wildman–Crippen LogP) is 2.18. The van der Waals surface area contributed by atoms with Crippen LogP contribution >= 0.6 is 11.3 Å². The maximum atomic E-state index is 12.5. The number of hydrogen-bond acceptors (Lipinski definition) is 5. The SMILES string of the molecule is O=C(CN1C(=O)C2CCCCC2C1=O)NCC(c1cccs1)N1CCCC1. The van der Waals surface area contributed by atoms with E-state index in [9.17, 15) is 14.4 Å². The van der Waals surface area contributed by atoms with E-state index in [2.05, 4.69) is 21.7 Å². The van der Waals surface area contributed by atoms with Gasteiger partial charge in [0.2, 0.25) is 17.7 Å². The van der Waals surface area contributed by atoms with Gasteiger partial charge in [0, 0.05) is 11.4 Å². The van der Waals surface area contributed by atoms with Crippen molar-refractivity contribution in [2.75, 3.05) is 26.2 Å². The van der Waals surface area contributed by atoms with Crippen molar-refractivity contribution in [2.45, 2.75) is 44.6 Å². The number of carbonyl (C=O) groups excluding carboxylic acids is 3. The summed E-state index contributed by atoms with van der Waals surface area (Å²) in [7, 11) is 0. The molecule has 3 heterocycles. The van der Waals surface area contributed by atoms with E-state index < -0.39 is 0 Å². The van der Waals surface area contributed by atoms with E-state index in [0.717, 1.165) is 38.8 Å². The fraction of sp³-hybridized carbons (Fsp3) is 0.650. The van der Waals surface area contributed by atoms with Crippen LogP contribution in [0.4, 0.5) is 0 Å². The average Bonchev–Trinajstić information content (AvgIpc) is 3.43. The number of hydrogen-bond donors (Lipinski definition) is 1. The van der Waals surface area contributed by atoms with Gasteiger partial charge in [0.15, 0.2) is 0 Å². The van der Waals surface area contributed by atoms with Crippen LogP contribution in [0.25, 0.3) is 0 Å². The number of thiophene rings is 1. The number of nitrogens with one attached hydrogen (secondary N) is 1. The highest BCUT2D eigenvalue weighted by molar-refractivity contribution is 7.10. The van der Waals surface area contributed by atoms with Crippen LogP contribution < -0.4 is 5.32 Å². The molecule has 1 aliphatic carbocycles. The van der Waals surface area contributed by atoms with Crippen molar-refractivity contribution in [1.29, 1.82) is 0 Å². The Morgan fingerprint density at radius 2 is 1.78 bits per heavy atom. The van der Waals surface area contributed by atoms with Crippen LogP contribution in [0, 0.1) is 11.8 Å². The normalized spacial score (nSPS) is 27.0. The third-order valence-electron chi connectivity index (χ3n) is 6.18. The molecule has 7 heteroatoms. The summed E-state index contributed by atoms with van der Waals surface area (Å²) in [5, 5.41) is 5.04. The van der Waals surface area contributed by atoms with Crippen LogP contribution in [0.15, 0.2) is 17.5 Å². The van der Waals surface area contributed by atoms with E-state index >= 15 is 0 Å². The zero-order chi connectivity index (χ0) is 18.8. The quantitative estimate of drug-likeness (QED) is 0.757. The minimum Gasteiger partial charge on any atom is -0.353 e. The lowest BCUT2D eigenvalue weighted by atomic mass is 9.81. The summed E-state index contributed by atoms with van der Waals surface area (Å²) >= 11 is 1.71. The second-order valence-corrected chi connectivity index (χ2v) is 8.82. The van der Waals surface area contributed by atoms with Crippen LogP contribution in [0.3, 0.4) is 0 Å². The van der Waals surface area contributed by atoms with Gasteiger partial charge in [-0.05, 0) is 50.2 Å². The van der Waals surface area contributed by atoms with Gasteiger partial charge in [-0.2, -0.15) is 0 Å².